The van der Waals surface area contributed by atoms with E-state index in [1.165, 1.54) is 0 Å². The maximum atomic E-state index is 11.9. The van der Waals surface area contributed by atoms with E-state index in [9.17, 15) is 9.59 Å². The van der Waals surface area contributed by atoms with Gasteiger partial charge in [-0.1, -0.05) is 35.5 Å². The molecule has 1 aromatic carbocycles. The lowest BCUT2D eigenvalue weighted by Crippen LogP contribution is -2.35. The van der Waals surface area contributed by atoms with Crippen molar-refractivity contribution >= 4 is 35.3 Å². The van der Waals surface area contributed by atoms with Crippen molar-refractivity contribution in [3.63, 3.8) is 0 Å². The average Bonchev–Trinajstić information content (AvgIpc) is 3.21. The molecule has 0 bridgehead atoms. The maximum absolute atomic E-state index is 11.9. The Balaban J connectivity index is 1.49. The number of urea groups is 1. The van der Waals surface area contributed by atoms with Crippen LogP contribution >= 0.6 is 23.4 Å². The monoisotopic (exact) mass is 368 g/mol. The number of thioether (sulfide) groups is 1. The Bertz CT molecular complexity index is 754. The van der Waals surface area contributed by atoms with E-state index in [0.717, 1.165) is 16.7 Å². The lowest BCUT2D eigenvalue weighted by Gasteiger charge is -2.10. The summed E-state index contributed by atoms with van der Waals surface area (Å²) in [7, 11) is 0. The van der Waals surface area contributed by atoms with Crippen molar-refractivity contribution in [2.24, 2.45) is 0 Å². The molecule has 2 heterocycles. The van der Waals surface area contributed by atoms with Crippen molar-refractivity contribution in [3.05, 3.63) is 35.2 Å². The average molecular weight is 369 g/mol. The molecule has 8 nitrogen and oxygen atoms in total. The zero-order valence-corrected chi connectivity index (χ0v) is 14.0. The highest BCUT2D eigenvalue weighted by Gasteiger charge is 2.26. The Morgan fingerprint density at radius 2 is 2.25 bits per heavy atom. The summed E-state index contributed by atoms with van der Waals surface area (Å²) in [5.41, 5.74) is 0. The van der Waals surface area contributed by atoms with E-state index in [2.05, 4.69) is 15.5 Å². The molecule has 2 aromatic rings. The van der Waals surface area contributed by atoms with Gasteiger partial charge in [0.05, 0.1) is 10.8 Å². The Labute approximate surface area is 146 Å². The summed E-state index contributed by atoms with van der Waals surface area (Å²) >= 11 is 7.05. The predicted molar refractivity (Wildman–Crippen MR) is 85.9 cm³/mol. The molecule has 1 aromatic heterocycles. The number of carbonyl (C=O) groups excluding carboxylic acids is 2. The van der Waals surface area contributed by atoms with Gasteiger partial charge in [-0.05, 0) is 12.1 Å². The van der Waals surface area contributed by atoms with Gasteiger partial charge in [-0.15, -0.1) is 10.2 Å². The van der Waals surface area contributed by atoms with Crippen LogP contribution in [0.3, 0.4) is 0 Å². The van der Waals surface area contributed by atoms with Gasteiger partial charge in [0.1, 0.15) is 5.75 Å². The van der Waals surface area contributed by atoms with E-state index in [4.69, 9.17) is 20.8 Å². The zero-order chi connectivity index (χ0) is 16.9. The van der Waals surface area contributed by atoms with Crippen molar-refractivity contribution in [1.82, 2.24) is 20.4 Å². The van der Waals surface area contributed by atoms with Gasteiger partial charge in [0.25, 0.3) is 11.1 Å². The van der Waals surface area contributed by atoms with Crippen LogP contribution < -0.4 is 10.1 Å². The minimum absolute atomic E-state index is 0.0421. The van der Waals surface area contributed by atoms with E-state index >= 15 is 0 Å². The minimum Gasteiger partial charge on any atom is -0.482 e. The normalized spacial score (nSPS) is 13.9. The summed E-state index contributed by atoms with van der Waals surface area (Å²) in [5.74, 6) is 0.521. The lowest BCUT2D eigenvalue weighted by molar-refractivity contribution is -0.124. The van der Waals surface area contributed by atoms with Crippen LogP contribution in [0.25, 0.3) is 0 Å². The number of hydrogen-bond acceptors (Lipinski definition) is 7. The van der Waals surface area contributed by atoms with Crippen LogP contribution in [0.2, 0.25) is 5.02 Å². The summed E-state index contributed by atoms with van der Waals surface area (Å²) in [6, 6.07) is 6.67. The van der Waals surface area contributed by atoms with Crippen LogP contribution in [0.1, 0.15) is 5.89 Å². The number of imide groups is 1. The number of amides is 3. The molecule has 1 fully saturated rings. The topological polar surface area (TPSA) is 97.6 Å². The number of nitrogens with zero attached hydrogens (tertiary/aromatic N) is 3. The smallest absolute Gasteiger partial charge is 0.324 e. The Morgan fingerprint density at radius 1 is 1.42 bits per heavy atom. The molecule has 0 radical (unpaired) electrons. The van der Waals surface area contributed by atoms with E-state index in [0.29, 0.717) is 23.9 Å². The number of hydrogen-bond donors (Lipinski definition) is 1. The number of rotatable bonds is 6. The van der Waals surface area contributed by atoms with Gasteiger partial charge < -0.3 is 14.5 Å². The SMILES string of the molecule is O=C(CSc1nnc(COc2ccccc2Cl)o1)N1CCNC1=O. The first-order valence-corrected chi connectivity index (χ1v) is 8.40. The summed E-state index contributed by atoms with van der Waals surface area (Å²) in [5, 5.41) is 11.0. The summed E-state index contributed by atoms with van der Waals surface area (Å²) in [6.45, 7) is 0.915. The van der Waals surface area contributed by atoms with E-state index in [1.54, 1.807) is 24.3 Å². The third-order valence-electron chi connectivity index (χ3n) is 3.11. The van der Waals surface area contributed by atoms with Gasteiger partial charge in [0, 0.05) is 13.1 Å². The number of nitrogens with one attached hydrogen (secondary N) is 1. The Morgan fingerprint density at radius 3 is 3.00 bits per heavy atom. The number of aromatic nitrogens is 2. The van der Waals surface area contributed by atoms with Crippen LogP contribution in [0.5, 0.6) is 5.75 Å². The molecule has 0 atom stereocenters. The zero-order valence-electron chi connectivity index (χ0n) is 12.4. The summed E-state index contributed by atoms with van der Waals surface area (Å²) < 4.78 is 10.9. The molecule has 1 saturated heterocycles. The fourth-order valence-corrected chi connectivity index (χ4v) is 2.81. The van der Waals surface area contributed by atoms with Crippen molar-refractivity contribution < 1.29 is 18.7 Å². The summed E-state index contributed by atoms with van der Waals surface area (Å²) in [4.78, 5) is 24.4. The number of halogens is 1. The molecule has 0 unspecified atom stereocenters. The third-order valence-corrected chi connectivity index (χ3v) is 4.23. The highest BCUT2D eigenvalue weighted by molar-refractivity contribution is 7.99. The van der Waals surface area contributed by atoms with Gasteiger partial charge in [0.2, 0.25) is 5.91 Å². The second kappa shape index (κ2) is 7.54. The fourth-order valence-electron chi connectivity index (χ4n) is 1.97. The van der Waals surface area contributed by atoms with Crippen molar-refractivity contribution in [2.45, 2.75) is 11.8 Å². The molecule has 3 rings (SSSR count). The van der Waals surface area contributed by atoms with Gasteiger partial charge in [-0.25, -0.2) is 4.79 Å². The highest BCUT2D eigenvalue weighted by Crippen LogP contribution is 2.24. The molecule has 1 N–H and O–H groups in total. The maximum Gasteiger partial charge on any atom is 0.324 e. The first kappa shape index (κ1) is 16.6. The second-order valence-corrected chi connectivity index (χ2v) is 6.08. The first-order valence-electron chi connectivity index (χ1n) is 7.04. The fraction of sp³-hybridized carbons (Fsp3) is 0.286. The molecule has 126 valence electrons. The quantitative estimate of drug-likeness (QED) is 0.778. The third kappa shape index (κ3) is 3.98. The minimum atomic E-state index is -0.375. The van der Waals surface area contributed by atoms with Gasteiger partial charge in [-0.3, -0.25) is 9.69 Å². The molecule has 1 aliphatic heterocycles. The number of ether oxygens (including phenoxy) is 1. The molecule has 0 saturated carbocycles. The van der Waals surface area contributed by atoms with Gasteiger partial charge in [0.15, 0.2) is 6.61 Å². The van der Waals surface area contributed by atoms with Gasteiger partial charge >= 0.3 is 6.03 Å². The molecular formula is C14H13ClN4O4S. The lowest BCUT2D eigenvalue weighted by atomic mass is 10.3. The number of para-hydroxylation sites is 1. The standard InChI is InChI=1S/C14H13ClN4O4S/c15-9-3-1-2-4-10(9)22-7-11-17-18-14(23-11)24-8-12(20)19-6-5-16-13(19)21/h1-4H,5-8H2,(H,16,21). The molecule has 3 amide bonds. The van der Waals surface area contributed by atoms with Crippen LogP contribution in [0.15, 0.2) is 33.9 Å². The van der Waals surface area contributed by atoms with Gasteiger partial charge in [-0.2, -0.15) is 0 Å². The van der Waals surface area contributed by atoms with E-state index in [1.807, 2.05) is 0 Å². The number of carbonyl (C=O) groups is 2. The Hall–Kier alpha value is -2.26. The van der Waals surface area contributed by atoms with Crippen LogP contribution in [0.4, 0.5) is 4.79 Å². The second-order valence-electron chi connectivity index (χ2n) is 4.75. The Kier molecular flexibility index (Phi) is 5.21. The van der Waals surface area contributed by atoms with E-state index < -0.39 is 0 Å². The molecule has 1 aliphatic rings. The largest absolute Gasteiger partial charge is 0.482 e. The van der Waals surface area contributed by atoms with Crippen molar-refractivity contribution in [2.75, 3.05) is 18.8 Å². The predicted octanol–water partition coefficient (Wildman–Crippen LogP) is 1.95. The first-order chi connectivity index (χ1) is 11.6. The van der Waals surface area contributed by atoms with Crippen molar-refractivity contribution in [1.29, 1.82) is 0 Å². The van der Waals surface area contributed by atoms with Crippen LogP contribution in [-0.2, 0) is 11.4 Å². The van der Waals surface area contributed by atoms with E-state index in [-0.39, 0.29) is 35.4 Å². The summed E-state index contributed by atoms with van der Waals surface area (Å²) in [6.07, 6.45) is 0. The molecule has 24 heavy (non-hydrogen) atoms. The van der Waals surface area contributed by atoms with Crippen LogP contribution in [0, 0.1) is 0 Å². The molecule has 10 heteroatoms. The molecule has 0 aliphatic carbocycles. The molecule has 0 spiro atoms. The highest BCUT2D eigenvalue weighted by atomic mass is 35.5. The van der Waals surface area contributed by atoms with Crippen LogP contribution in [-0.4, -0.2) is 45.9 Å². The van der Waals surface area contributed by atoms with Crippen molar-refractivity contribution in [3.8, 4) is 5.75 Å². The number of benzene rings is 1. The molecular weight excluding hydrogens is 356 g/mol.